The molecule has 4 rings (SSSR count). The van der Waals surface area contributed by atoms with Crippen molar-refractivity contribution in [2.24, 2.45) is 0 Å². The van der Waals surface area contributed by atoms with E-state index in [1.807, 2.05) is 6.92 Å². The van der Waals surface area contributed by atoms with Gasteiger partial charge < -0.3 is 20.1 Å². The Bertz CT molecular complexity index is 1400. The van der Waals surface area contributed by atoms with Gasteiger partial charge in [-0.05, 0) is 41.8 Å². The number of alkyl halides is 3. The van der Waals surface area contributed by atoms with Crippen molar-refractivity contribution in [3.05, 3.63) is 77.7 Å². The zero-order valence-corrected chi connectivity index (χ0v) is 22.3. The minimum Gasteiger partial charge on any atom is -0.406 e. The number of benzene rings is 2. The van der Waals surface area contributed by atoms with E-state index in [-0.39, 0.29) is 37.7 Å². The number of nitrogens with zero attached hydrogens (tertiary/aromatic N) is 4. The second kappa shape index (κ2) is 12.2. The Labute approximate surface area is 229 Å². The van der Waals surface area contributed by atoms with Gasteiger partial charge in [-0.3, -0.25) is 9.78 Å². The molecule has 0 radical (unpaired) electrons. The molecule has 1 amide bonds. The third-order valence-electron chi connectivity index (χ3n) is 6.37. The van der Waals surface area contributed by atoms with E-state index in [0.29, 0.717) is 17.1 Å². The maximum Gasteiger partial charge on any atom is 0.573 e. The molecule has 0 saturated carbocycles. The summed E-state index contributed by atoms with van der Waals surface area (Å²) in [6, 6.07) is 10.3. The van der Waals surface area contributed by atoms with E-state index in [4.69, 9.17) is 0 Å². The molecule has 0 bridgehead atoms. The van der Waals surface area contributed by atoms with Gasteiger partial charge in [-0.2, -0.15) is 4.31 Å². The largest absolute Gasteiger partial charge is 0.573 e. The summed E-state index contributed by atoms with van der Waals surface area (Å²) in [5.41, 5.74) is 1.82. The molecular weight excluding hydrogens is 551 g/mol. The minimum absolute atomic E-state index is 0.0111. The second-order valence-electron chi connectivity index (χ2n) is 9.01. The number of nitrogens with one attached hydrogen (secondary N) is 1. The van der Waals surface area contributed by atoms with E-state index in [9.17, 15) is 31.5 Å². The van der Waals surface area contributed by atoms with Gasteiger partial charge in [-0.1, -0.05) is 31.2 Å². The standard InChI is InChI=1S/C26H28F3N5O5S/c1-2-18-5-9-22(10-6-18)40(37,38)34-12-11-33(24-15-30-20(17-35)14-31-24)16-23(34)25(36)32-13-19-3-7-21(8-4-19)39-26(27,28)29/h3-10,14-15,23,35H,2,11-13,16-17H2,1H3,(H,32,36)/t23-/m1/s1. The van der Waals surface area contributed by atoms with Gasteiger partial charge in [0.1, 0.15) is 17.6 Å². The summed E-state index contributed by atoms with van der Waals surface area (Å²) in [6.07, 6.45) is -1.24. The molecule has 1 aliphatic rings. The lowest BCUT2D eigenvalue weighted by molar-refractivity contribution is -0.274. The number of aliphatic hydroxyl groups is 1. The molecule has 2 N–H and O–H groups in total. The van der Waals surface area contributed by atoms with Gasteiger partial charge in [0.2, 0.25) is 15.9 Å². The van der Waals surface area contributed by atoms with Crippen LogP contribution in [0.5, 0.6) is 5.75 Å². The first kappa shape index (κ1) is 29.2. The molecule has 1 saturated heterocycles. The normalized spacial score (nSPS) is 16.5. The first-order valence-electron chi connectivity index (χ1n) is 12.4. The molecule has 1 aromatic heterocycles. The number of aliphatic hydroxyl groups excluding tert-OH is 1. The number of carbonyl (C=O) groups is 1. The molecule has 2 aromatic carbocycles. The van der Waals surface area contributed by atoms with Crippen LogP contribution in [-0.4, -0.2) is 65.7 Å². The van der Waals surface area contributed by atoms with E-state index in [1.165, 1.54) is 36.7 Å². The molecule has 0 spiro atoms. The minimum atomic E-state index is -4.82. The third-order valence-corrected chi connectivity index (χ3v) is 8.30. The van der Waals surface area contributed by atoms with Gasteiger partial charge in [0, 0.05) is 26.2 Å². The molecule has 14 heteroatoms. The Hall–Kier alpha value is -3.75. The molecule has 40 heavy (non-hydrogen) atoms. The number of anilines is 1. The summed E-state index contributed by atoms with van der Waals surface area (Å²) in [6.45, 7) is 1.82. The maximum atomic E-state index is 13.6. The predicted molar refractivity (Wildman–Crippen MR) is 139 cm³/mol. The molecule has 1 atom stereocenters. The lowest BCUT2D eigenvalue weighted by Crippen LogP contribution is -2.60. The zero-order chi connectivity index (χ0) is 28.9. The average Bonchev–Trinajstić information content (AvgIpc) is 2.95. The number of carbonyl (C=O) groups excluding carboxylic acids is 1. The summed E-state index contributed by atoms with van der Waals surface area (Å²) in [4.78, 5) is 23.6. The Morgan fingerprint density at radius 1 is 1.05 bits per heavy atom. The van der Waals surface area contributed by atoms with Gasteiger partial charge in [0.15, 0.2) is 0 Å². The predicted octanol–water partition coefficient (Wildman–Crippen LogP) is 2.63. The Balaban J connectivity index is 1.55. The van der Waals surface area contributed by atoms with Crippen LogP contribution in [0.4, 0.5) is 19.0 Å². The van der Waals surface area contributed by atoms with Crippen molar-refractivity contribution in [2.75, 3.05) is 24.5 Å². The molecule has 1 fully saturated rings. The van der Waals surface area contributed by atoms with Crippen LogP contribution in [0, 0.1) is 0 Å². The first-order valence-corrected chi connectivity index (χ1v) is 13.8. The number of hydrogen-bond acceptors (Lipinski definition) is 8. The Morgan fingerprint density at radius 2 is 1.73 bits per heavy atom. The van der Waals surface area contributed by atoms with Gasteiger partial charge in [-0.25, -0.2) is 13.4 Å². The van der Waals surface area contributed by atoms with Crippen LogP contribution in [0.15, 0.2) is 65.8 Å². The zero-order valence-electron chi connectivity index (χ0n) is 21.5. The second-order valence-corrected chi connectivity index (χ2v) is 10.9. The van der Waals surface area contributed by atoms with Crippen LogP contribution in [0.1, 0.15) is 23.7 Å². The number of sulfonamides is 1. The molecule has 0 aliphatic carbocycles. The monoisotopic (exact) mass is 579 g/mol. The molecule has 2 heterocycles. The topological polar surface area (TPSA) is 125 Å². The van der Waals surface area contributed by atoms with Crippen molar-refractivity contribution in [1.29, 1.82) is 0 Å². The highest BCUT2D eigenvalue weighted by Crippen LogP contribution is 2.25. The van der Waals surface area contributed by atoms with Crippen molar-refractivity contribution >= 4 is 21.7 Å². The van der Waals surface area contributed by atoms with Crippen LogP contribution < -0.4 is 15.0 Å². The number of aryl methyl sites for hydroxylation is 1. The van der Waals surface area contributed by atoms with Crippen molar-refractivity contribution < 1.29 is 36.2 Å². The van der Waals surface area contributed by atoms with Crippen LogP contribution >= 0.6 is 0 Å². The molecule has 214 valence electrons. The number of aromatic nitrogens is 2. The number of rotatable bonds is 9. The number of piperazine rings is 1. The molecular formula is C26H28F3N5O5S. The van der Waals surface area contributed by atoms with E-state index >= 15 is 0 Å². The highest BCUT2D eigenvalue weighted by molar-refractivity contribution is 7.89. The lowest BCUT2D eigenvalue weighted by Gasteiger charge is -2.40. The highest BCUT2D eigenvalue weighted by Gasteiger charge is 2.40. The van der Waals surface area contributed by atoms with E-state index in [2.05, 4.69) is 20.0 Å². The Morgan fingerprint density at radius 3 is 2.30 bits per heavy atom. The van der Waals surface area contributed by atoms with E-state index in [1.54, 1.807) is 17.0 Å². The number of ether oxygens (including phenoxy) is 1. The summed E-state index contributed by atoms with van der Waals surface area (Å²) < 4.78 is 69.5. The number of hydrogen-bond donors (Lipinski definition) is 2. The number of amides is 1. The average molecular weight is 580 g/mol. The van der Waals surface area contributed by atoms with E-state index in [0.717, 1.165) is 28.4 Å². The quantitative estimate of drug-likeness (QED) is 0.397. The fourth-order valence-corrected chi connectivity index (χ4v) is 5.79. The van der Waals surface area contributed by atoms with Crippen molar-refractivity contribution in [2.45, 2.75) is 43.8 Å². The van der Waals surface area contributed by atoms with Crippen LogP contribution in [-0.2, 0) is 34.4 Å². The fourth-order valence-electron chi connectivity index (χ4n) is 4.22. The molecule has 0 unspecified atom stereocenters. The molecule has 10 nitrogen and oxygen atoms in total. The molecule has 3 aromatic rings. The third kappa shape index (κ3) is 7.06. The van der Waals surface area contributed by atoms with Crippen LogP contribution in [0.3, 0.4) is 0 Å². The van der Waals surface area contributed by atoms with Gasteiger partial charge in [0.25, 0.3) is 0 Å². The van der Waals surface area contributed by atoms with Gasteiger partial charge in [-0.15, -0.1) is 13.2 Å². The van der Waals surface area contributed by atoms with Gasteiger partial charge in [0.05, 0.1) is 29.6 Å². The van der Waals surface area contributed by atoms with Crippen LogP contribution in [0.25, 0.3) is 0 Å². The Kier molecular flexibility index (Phi) is 8.91. The summed E-state index contributed by atoms with van der Waals surface area (Å²) in [7, 11) is -4.05. The maximum absolute atomic E-state index is 13.6. The number of halogens is 3. The van der Waals surface area contributed by atoms with E-state index < -0.39 is 34.1 Å². The highest BCUT2D eigenvalue weighted by atomic mass is 32.2. The smallest absolute Gasteiger partial charge is 0.406 e. The first-order chi connectivity index (χ1) is 19.0. The summed E-state index contributed by atoms with van der Waals surface area (Å²) in [5, 5.41) is 11.9. The van der Waals surface area contributed by atoms with Crippen molar-refractivity contribution in [3.8, 4) is 5.75 Å². The van der Waals surface area contributed by atoms with Crippen molar-refractivity contribution in [3.63, 3.8) is 0 Å². The fraction of sp³-hybridized carbons (Fsp3) is 0.346. The molecule has 1 aliphatic heterocycles. The lowest BCUT2D eigenvalue weighted by atomic mass is 10.1. The SMILES string of the molecule is CCc1ccc(S(=O)(=O)N2CCN(c3cnc(CO)cn3)C[C@@H]2C(=O)NCc2ccc(OC(F)(F)F)cc2)cc1. The summed E-state index contributed by atoms with van der Waals surface area (Å²) >= 11 is 0. The summed E-state index contributed by atoms with van der Waals surface area (Å²) in [5.74, 6) is -0.571. The van der Waals surface area contributed by atoms with Crippen LogP contribution in [0.2, 0.25) is 0 Å². The van der Waals surface area contributed by atoms with Crippen molar-refractivity contribution in [1.82, 2.24) is 19.6 Å². The van der Waals surface area contributed by atoms with Gasteiger partial charge >= 0.3 is 6.36 Å².